The Morgan fingerprint density at radius 2 is 0.971 bits per heavy atom. The lowest BCUT2D eigenvalue weighted by Crippen LogP contribution is -2.30. The number of hydrogen-bond acceptors (Lipinski definition) is 6. The van der Waals surface area contributed by atoms with Crippen LogP contribution in [0, 0.1) is 22.7 Å². The van der Waals surface area contributed by atoms with Crippen LogP contribution in [0.1, 0.15) is 86.3 Å². The lowest BCUT2D eigenvalue weighted by Gasteiger charge is -2.34. The van der Waals surface area contributed by atoms with Gasteiger partial charge in [0.1, 0.15) is 11.2 Å². The Bertz CT molecular complexity index is 4050. The Hall–Kier alpha value is -8.32. The molecule has 9 aromatic carbocycles. The summed E-state index contributed by atoms with van der Waals surface area (Å²) in [6.45, 7) is 0. The highest BCUT2D eigenvalue weighted by Crippen LogP contribution is 2.51. The van der Waals surface area contributed by atoms with E-state index in [1.54, 1.807) is 0 Å². The first-order valence-electron chi connectivity index (χ1n) is 25.1. The van der Waals surface area contributed by atoms with Crippen LogP contribution in [-0.2, 0) is 0 Å². The normalized spacial score (nSPS) is 16.7. The van der Waals surface area contributed by atoms with Crippen molar-refractivity contribution in [3.8, 4) is 12.1 Å². The summed E-state index contributed by atoms with van der Waals surface area (Å²) in [5.74, 6) is 1.01. The molecule has 6 heteroatoms. The maximum Gasteiger partial charge on any atom is 0.159 e. The van der Waals surface area contributed by atoms with Gasteiger partial charge >= 0.3 is 0 Å². The summed E-state index contributed by atoms with van der Waals surface area (Å²) in [5.41, 5.74) is 12.6. The fourth-order valence-corrected chi connectivity index (χ4v) is 12.8. The van der Waals surface area contributed by atoms with E-state index >= 15 is 0 Å². The Kier molecular flexibility index (Phi) is 9.40. The van der Waals surface area contributed by atoms with E-state index < -0.39 is 0 Å². The molecule has 11 aromatic rings. The third kappa shape index (κ3) is 6.23. The van der Waals surface area contributed by atoms with Gasteiger partial charge in [-0.2, -0.15) is 10.5 Å². The quantitative estimate of drug-likeness (QED) is 0.141. The molecule has 3 aliphatic rings. The van der Waals surface area contributed by atoms with Crippen molar-refractivity contribution in [1.29, 1.82) is 10.5 Å². The molecule has 0 N–H and O–H groups in total. The summed E-state index contributed by atoms with van der Waals surface area (Å²) in [7, 11) is 0. The summed E-state index contributed by atoms with van der Waals surface area (Å²) in [6, 6.07) is 57.1. The van der Waals surface area contributed by atoms with Gasteiger partial charge in [0, 0.05) is 49.3 Å². The molecule has 0 saturated heterocycles. The minimum Gasteiger partial charge on any atom is -0.454 e. The number of hydrogen-bond donors (Lipinski definition) is 0. The van der Waals surface area contributed by atoms with Crippen molar-refractivity contribution in [3.05, 3.63) is 186 Å². The fourth-order valence-electron chi connectivity index (χ4n) is 12.8. The van der Waals surface area contributed by atoms with Crippen LogP contribution in [-0.4, -0.2) is 6.04 Å². The molecule has 0 radical (unpaired) electrons. The van der Waals surface area contributed by atoms with E-state index in [1.807, 2.05) is 18.2 Å². The monoisotopic (exact) mass is 904 g/mol. The lowest BCUT2D eigenvalue weighted by molar-refractivity contribution is 0.640. The lowest BCUT2D eigenvalue weighted by atomic mass is 9.91. The SMILES string of the molecule is N#CC1=CCC(N(c2ccc3ccc4c(N(c5ccc(C#N)cc5)c5cccc6c5oc5c(C7CCCC7)cccc56)ccc5ccc2c3c54)c2cccc3c2oc2c(C4CCCC4)cccc23)C=C1. The molecule has 2 aromatic heterocycles. The molecule has 6 nitrogen and oxygen atoms in total. The van der Waals surface area contributed by atoms with Gasteiger partial charge in [-0.3, -0.25) is 0 Å². The molecule has 2 heterocycles. The molecule has 3 aliphatic carbocycles. The van der Waals surface area contributed by atoms with Crippen LogP contribution in [0.15, 0.2) is 178 Å². The fraction of sp³-hybridized carbons (Fsp3) is 0.188. The summed E-state index contributed by atoms with van der Waals surface area (Å²) in [6.07, 6.45) is 16.7. The third-order valence-corrected chi connectivity index (χ3v) is 16.1. The smallest absolute Gasteiger partial charge is 0.159 e. The van der Waals surface area contributed by atoms with E-state index in [0.29, 0.717) is 29.4 Å². The second kappa shape index (κ2) is 16.2. The van der Waals surface area contributed by atoms with Crippen LogP contribution in [0.25, 0.3) is 76.2 Å². The zero-order chi connectivity index (χ0) is 46.5. The second-order valence-corrected chi connectivity index (χ2v) is 19.8. The van der Waals surface area contributed by atoms with Gasteiger partial charge in [-0.05, 0) is 131 Å². The first kappa shape index (κ1) is 40.7. The van der Waals surface area contributed by atoms with Crippen molar-refractivity contribution in [2.75, 3.05) is 9.80 Å². The van der Waals surface area contributed by atoms with Crippen molar-refractivity contribution in [1.82, 2.24) is 0 Å². The van der Waals surface area contributed by atoms with Crippen LogP contribution < -0.4 is 9.80 Å². The number of furan rings is 2. The number of rotatable bonds is 8. The second-order valence-electron chi connectivity index (χ2n) is 19.8. The van der Waals surface area contributed by atoms with Gasteiger partial charge in [0.15, 0.2) is 11.2 Å². The topological polar surface area (TPSA) is 80.3 Å². The molecule has 0 bridgehead atoms. The molecule has 0 amide bonds. The van der Waals surface area contributed by atoms with Gasteiger partial charge < -0.3 is 18.6 Å². The standard InChI is InChI=1S/C64H48N4O2/c65-37-39-21-29-45(30-22-39)67(57-19-7-17-51-49-15-5-13-47(41-9-1-2-10-41)61(49)69-63(51)57)55-35-27-43-26-34-54-56(36-28-44-25-33-53(55)59(43)60(44)54)68(46-31-23-40(38-66)24-32-46)58-20-8-18-52-50-16-6-14-48(42-11-3-4-12-42)62(50)70-64(52)58/h5-8,13-31,33-36,41-42,46H,1-4,9-12,32H2. The van der Waals surface area contributed by atoms with E-state index in [4.69, 9.17) is 8.83 Å². The van der Waals surface area contributed by atoms with Crippen molar-refractivity contribution in [2.45, 2.75) is 75.7 Å². The number of allylic oxidation sites excluding steroid dienone is 2. The number of anilines is 5. The van der Waals surface area contributed by atoms with Crippen molar-refractivity contribution in [3.63, 3.8) is 0 Å². The van der Waals surface area contributed by atoms with Gasteiger partial charge in [-0.15, -0.1) is 0 Å². The zero-order valence-corrected chi connectivity index (χ0v) is 38.8. The van der Waals surface area contributed by atoms with Gasteiger partial charge in [0.2, 0.25) is 0 Å². The van der Waals surface area contributed by atoms with Gasteiger partial charge in [-0.25, -0.2) is 0 Å². The zero-order valence-electron chi connectivity index (χ0n) is 38.8. The molecule has 0 aliphatic heterocycles. The number of fused-ring (bicyclic) bond motifs is 6. The van der Waals surface area contributed by atoms with Gasteiger partial charge in [0.25, 0.3) is 0 Å². The van der Waals surface area contributed by atoms with Crippen LogP contribution in [0.2, 0.25) is 0 Å². The van der Waals surface area contributed by atoms with Crippen LogP contribution in [0.4, 0.5) is 28.4 Å². The minimum absolute atomic E-state index is 0.0791. The van der Waals surface area contributed by atoms with E-state index in [9.17, 15) is 10.5 Å². The number of nitrogens with zero attached hydrogens (tertiary/aromatic N) is 4. The predicted molar refractivity (Wildman–Crippen MR) is 286 cm³/mol. The highest BCUT2D eigenvalue weighted by atomic mass is 16.3. The average molecular weight is 905 g/mol. The molecule has 70 heavy (non-hydrogen) atoms. The van der Waals surface area contributed by atoms with E-state index in [0.717, 1.165) is 93.9 Å². The van der Waals surface area contributed by atoms with Crippen LogP contribution >= 0.6 is 0 Å². The van der Waals surface area contributed by atoms with Crippen LogP contribution in [0.3, 0.4) is 0 Å². The maximum absolute atomic E-state index is 9.93. The van der Waals surface area contributed by atoms with Gasteiger partial charge in [0.05, 0.1) is 40.8 Å². The first-order valence-corrected chi connectivity index (χ1v) is 25.1. The minimum atomic E-state index is -0.0791. The molecule has 0 spiro atoms. The third-order valence-electron chi connectivity index (χ3n) is 16.1. The van der Waals surface area contributed by atoms with Crippen molar-refractivity contribution >= 4 is 105 Å². The summed E-state index contributed by atoms with van der Waals surface area (Å²) < 4.78 is 14.3. The molecular weight excluding hydrogens is 857 g/mol. The van der Waals surface area contributed by atoms with E-state index in [2.05, 4.69) is 168 Å². The molecular formula is C64H48N4O2. The molecule has 1 unspecified atom stereocenters. The average Bonchev–Trinajstić information content (AvgIpc) is 4.27. The van der Waals surface area contributed by atoms with E-state index in [-0.39, 0.29) is 6.04 Å². The number of benzene rings is 9. The highest BCUT2D eigenvalue weighted by molar-refractivity contribution is 6.28. The highest BCUT2D eigenvalue weighted by Gasteiger charge is 2.30. The van der Waals surface area contributed by atoms with Gasteiger partial charge in [-0.1, -0.05) is 135 Å². The van der Waals surface area contributed by atoms with E-state index in [1.165, 1.54) is 73.3 Å². The van der Waals surface area contributed by atoms with Crippen molar-refractivity contribution in [2.24, 2.45) is 0 Å². The molecule has 2 saturated carbocycles. The Labute approximate surface area is 405 Å². The maximum atomic E-state index is 9.93. The Morgan fingerprint density at radius 3 is 1.53 bits per heavy atom. The van der Waals surface area contributed by atoms with Crippen molar-refractivity contribution < 1.29 is 8.83 Å². The van der Waals surface area contributed by atoms with Crippen LogP contribution in [0.5, 0.6) is 0 Å². The summed E-state index contributed by atoms with van der Waals surface area (Å²) in [5, 5.41) is 31.3. The molecule has 1 atom stereocenters. The molecule has 336 valence electrons. The number of nitriles is 2. The Morgan fingerprint density at radius 1 is 0.457 bits per heavy atom. The predicted octanol–water partition coefficient (Wildman–Crippen LogP) is 18.0. The summed E-state index contributed by atoms with van der Waals surface area (Å²) >= 11 is 0. The molecule has 2 fully saturated rings. The summed E-state index contributed by atoms with van der Waals surface area (Å²) in [4.78, 5) is 4.79. The largest absolute Gasteiger partial charge is 0.454 e. The first-order chi connectivity index (χ1) is 34.6. The molecule has 14 rings (SSSR count). The Balaban J connectivity index is 0.992. The number of para-hydroxylation sites is 4.